The summed E-state index contributed by atoms with van der Waals surface area (Å²) in [7, 11) is -3.63. The summed E-state index contributed by atoms with van der Waals surface area (Å²) in [6, 6.07) is 58.8. The molecule has 4 aliphatic carbocycles. The lowest BCUT2D eigenvalue weighted by Gasteiger charge is -2.32. The molecule has 1 aromatic heterocycles. The van der Waals surface area contributed by atoms with Crippen molar-refractivity contribution in [2.24, 2.45) is 0 Å². The van der Waals surface area contributed by atoms with Crippen molar-refractivity contribution < 1.29 is 12.8 Å². The fourth-order valence-electron chi connectivity index (χ4n) is 14.4. The lowest BCUT2D eigenvalue weighted by atomic mass is 9.72. The summed E-state index contributed by atoms with van der Waals surface area (Å²) in [6.07, 6.45) is 0. The molecule has 15 rings (SSSR count). The highest BCUT2D eigenvalue weighted by Crippen LogP contribution is 2.65. The lowest BCUT2D eigenvalue weighted by Crippen LogP contribution is -2.24. The Labute approximate surface area is 415 Å². The number of rotatable bonds is 3. The molecule has 0 amide bonds. The summed E-state index contributed by atoms with van der Waals surface area (Å²) >= 11 is 0. The van der Waals surface area contributed by atoms with Crippen LogP contribution < -0.4 is 4.90 Å². The van der Waals surface area contributed by atoms with Gasteiger partial charge in [0, 0.05) is 66.2 Å². The molecule has 0 radical (unpaired) electrons. The molecule has 0 bridgehead atoms. The van der Waals surface area contributed by atoms with E-state index in [0.29, 0.717) is 9.79 Å². The molecule has 0 saturated heterocycles. The van der Waals surface area contributed by atoms with Crippen LogP contribution in [0.25, 0.3) is 77.6 Å². The first-order valence-corrected chi connectivity index (χ1v) is 26.5. The van der Waals surface area contributed by atoms with E-state index in [1.807, 2.05) is 24.3 Å². The molecule has 4 nitrogen and oxygen atoms in total. The normalized spacial score (nSPS) is 17.4. The summed E-state index contributed by atoms with van der Waals surface area (Å²) in [5.41, 5.74) is 25.8. The molecule has 71 heavy (non-hydrogen) atoms. The Morgan fingerprint density at radius 3 is 1.72 bits per heavy atom. The first-order chi connectivity index (χ1) is 34.0. The smallest absolute Gasteiger partial charge is 0.207 e. The van der Waals surface area contributed by atoms with E-state index in [4.69, 9.17) is 4.42 Å². The highest BCUT2D eigenvalue weighted by molar-refractivity contribution is 7.92. The number of hydrogen-bond acceptors (Lipinski definition) is 4. The van der Waals surface area contributed by atoms with Gasteiger partial charge >= 0.3 is 0 Å². The first kappa shape index (κ1) is 41.3. The average molecular weight is 938 g/mol. The van der Waals surface area contributed by atoms with E-state index in [9.17, 15) is 8.42 Å². The van der Waals surface area contributed by atoms with Crippen LogP contribution in [0.3, 0.4) is 0 Å². The van der Waals surface area contributed by atoms with Gasteiger partial charge in [-0.1, -0.05) is 152 Å². The van der Waals surface area contributed by atoms with Gasteiger partial charge in [-0.3, -0.25) is 0 Å². The van der Waals surface area contributed by atoms with Crippen molar-refractivity contribution in [3.8, 4) is 55.6 Å². The van der Waals surface area contributed by atoms with E-state index in [1.54, 1.807) is 6.07 Å². The highest BCUT2D eigenvalue weighted by Gasteiger charge is 2.50. The van der Waals surface area contributed by atoms with Crippen molar-refractivity contribution in [1.29, 1.82) is 0 Å². The van der Waals surface area contributed by atoms with Gasteiger partial charge in [-0.05, 0) is 150 Å². The Hall–Kier alpha value is -7.47. The van der Waals surface area contributed by atoms with Gasteiger partial charge in [0.15, 0.2) is 0 Å². The summed E-state index contributed by atoms with van der Waals surface area (Å²) in [4.78, 5) is 3.25. The van der Waals surface area contributed by atoms with Crippen LogP contribution >= 0.6 is 0 Å². The standard InChI is InChI=1S/C66H51NO3S/c1-63(2)47-30-31-54-56(43-22-14-17-25-53(43)71(54,68)69)55(47)45-35-50-44(34-51(45)63)39-28-26-37(32-48(39)64(50,3)4)67(36-18-10-9-11-19-36)38-27-29-41-49(33-38)66(7,8)60-57(41)58-42-21-13-16-24-52(42)70-62(58)59-40-20-12-15-23-46(40)65(5,6)61(59)60/h9-35H,1-8H3. The Kier molecular flexibility index (Phi) is 7.61. The van der Waals surface area contributed by atoms with Gasteiger partial charge in [0.25, 0.3) is 0 Å². The number of sulfone groups is 1. The van der Waals surface area contributed by atoms with E-state index < -0.39 is 9.84 Å². The predicted molar refractivity (Wildman–Crippen MR) is 290 cm³/mol. The second kappa shape index (κ2) is 13.1. The zero-order valence-corrected chi connectivity index (χ0v) is 42.0. The fourth-order valence-corrected chi connectivity index (χ4v) is 16.0. The molecule has 0 saturated carbocycles. The predicted octanol–water partition coefficient (Wildman–Crippen LogP) is 17.1. The van der Waals surface area contributed by atoms with E-state index in [-0.39, 0.29) is 21.7 Å². The maximum Gasteiger partial charge on any atom is 0.207 e. The Balaban J connectivity index is 0.901. The van der Waals surface area contributed by atoms with Crippen LogP contribution in [0.1, 0.15) is 99.9 Å². The lowest BCUT2D eigenvalue weighted by molar-refractivity contribution is 0.598. The third-order valence-corrected chi connectivity index (χ3v) is 19.6. The zero-order valence-electron chi connectivity index (χ0n) is 41.2. The van der Waals surface area contributed by atoms with Crippen LogP contribution in [0.15, 0.2) is 178 Å². The zero-order chi connectivity index (χ0) is 48.5. The Bertz CT molecular complexity index is 4240. The largest absolute Gasteiger partial charge is 0.455 e. The van der Waals surface area contributed by atoms with Crippen molar-refractivity contribution in [1.82, 2.24) is 0 Å². The summed E-state index contributed by atoms with van der Waals surface area (Å²) in [5.74, 6) is 0. The van der Waals surface area contributed by atoms with E-state index in [2.05, 4.69) is 194 Å². The van der Waals surface area contributed by atoms with Gasteiger partial charge in [-0.15, -0.1) is 0 Å². The van der Waals surface area contributed by atoms with Crippen molar-refractivity contribution >= 4 is 48.8 Å². The number of benzene rings is 9. The van der Waals surface area contributed by atoms with Crippen LogP contribution in [0, 0.1) is 0 Å². The molecule has 344 valence electrons. The maximum atomic E-state index is 14.0. The quantitative estimate of drug-likeness (QED) is 0.177. The minimum Gasteiger partial charge on any atom is -0.455 e. The Morgan fingerprint density at radius 2 is 0.944 bits per heavy atom. The van der Waals surface area contributed by atoms with E-state index >= 15 is 0 Å². The molecule has 1 aliphatic heterocycles. The molecule has 0 fully saturated rings. The minimum absolute atomic E-state index is 0.235. The molecular weight excluding hydrogens is 887 g/mol. The monoisotopic (exact) mass is 937 g/mol. The van der Waals surface area contributed by atoms with Crippen molar-refractivity contribution in [3.05, 3.63) is 208 Å². The van der Waals surface area contributed by atoms with Gasteiger partial charge in [0.05, 0.1) is 9.79 Å². The fraction of sp³-hybridized carbons (Fsp3) is 0.182. The molecule has 0 atom stereocenters. The maximum absolute atomic E-state index is 14.0. The van der Waals surface area contributed by atoms with Gasteiger partial charge in [-0.25, -0.2) is 8.42 Å². The molecule has 0 N–H and O–H groups in total. The Morgan fingerprint density at radius 1 is 0.380 bits per heavy atom. The number of hydrogen-bond donors (Lipinski definition) is 0. The second-order valence-corrected chi connectivity index (χ2v) is 24.7. The van der Waals surface area contributed by atoms with Crippen molar-refractivity contribution in [2.45, 2.75) is 86.8 Å². The number of furan rings is 1. The molecule has 9 aromatic carbocycles. The summed E-state index contributed by atoms with van der Waals surface area (Å²) in [5, 5.41) is 2.36. The number of para-hydroxylation sites is 2. The van der Waals surface area contributed by atoms with E-state index in [1.165, 1.54) is 83.3 Å². The van der Waals surface area contributed by atoms with Crippen molar-refractivity contribution in [3.63, 3.8) is 0 Å². The van der Waals surface area contributed by atoms with Gasteiger partial charge < -0.3 is 9.32 Å². The minimum atomic E-state index is -3.63. The molecule has 2 heterocycles. The van der Waals surface area contributed by atoms with Gasteiger partial charge in [0.1, 0.15) is 11.2 Å². The highest BCUT2D eigenvalue weighted by atomic mass is 32.2. The molecule has 10 aromatic rings. The van der Waals surface area contributed by atoms with Crippen molar-refractivity contribution in [2.75, 3.05) is 4.90 Å². The molecule has 5 aliphatic rings. The SMILES string of the molecule is CC1(C)c2cc(N(c3ccccc3)c3ccc4c(c3)C(C)(C)c3c5c(c6oc7ccccc7c6c3-4)-c3ccccc3C5(C)C)ccc2-c2cc3c(cc21)-c1c(ccc2c1-c1ccccc1S2(=O)=O)C3(C)C. The van der Waals surface area contributed by atoms with Crippen LogP contribution in [0.4, 0.5) is 17.1 Å². The van der Waals surface area contributed by atoms with Crippen LogP contribution in [-0.4, -0.2) is 8.42 Å². The topological polar surface area (TPSA) is 50.5 Å². The first-order valence-electron chi connectivity index (χ1n) is 25.0. The third-order valence-electron chi connectivity index (χ3n) is 17.7. The van der Waals surface area contributed by atoms with E-state index in [0.717, 1.165) is 55.9 Å². The molecule has 0 spiro atoms. The number of nitrogens with zero attached hydrogens (tertiary/aromatic N) is 1. The number of anilines is 3. The second-order valence-electron chi connectivity index (χ2n) is 22.8. The van der Waals surface area contributed by atoms with Gasteiger partial charge in [-0.2, -0.15) is 0 Å². The van der Waals surface area contributed by atoms with Crippen LogP contribution in [0.5, 0.6) is 0 Å². The molecular formula is C66H51NO3S. The molecule has 5 heteroatoms. The third kappa shape index (κ3) is 4.89. The van der Waals surface area contributed by atoms with Crippen LogP contribution in [0.2, 0.25) is 0 Å². The average Bonchev–Trinajstić information content (AvgIpc) is 4.12. The summed E-state index contributed by atoms with van der Waals surface area (Å²) in [6.45, 7) is 18.9. The van der Waals surface area contributed by atoms with Gasteiger partial charge in [0.2, 0.25) is 9.84 Å². The van der Waals surface area contributed by atoms with Crippen LogP contribution in [-0.2, 0) is 31.5 Å². The summed E-state index contributed by atoms with van der Waals surface area (Å²) < 4.78 is 35.0. The number of fused-ring (bicyclic) bond motifs is 22. The molecule has 0 unspecified atom stereocenters.